The second-order valence-corrected chi connectivity index (χ2v) is 5.88. The Kier molecular flexibility index (Phi) is 3.30. The van der Waals surface area contributed by atoms with E-state index in [1.807, 2.05) is 0 Å². The van der Waals surface area contributed by atoms with Crippen molar-refractivity contribution in [3.8, 4) is 0 Å². The summed E-state index contributed by atoms with van der Waals surface area (Å²) in [6.45, 7) is 2.25. The number of ketones is 1. The summed E-state index contributed by atoms with van der Waals surface area (Å²) in [6, 6.07) is 0. The zero-order chi connectivity index (χ0) is 10.1. The maximum Gasteiger partial charge on any atom is 0.149 e. The fraction of sp³-hybridized carbons (Fsp3) is 0.917. The van der Waals surface area contributed by atoms with Crippen LogP contribution in [0.2, 0.25) is 0 Å². The van der Waals surface area contributed by atoms with Crippen LogP contribution in [0.5, 0.6) is 0 Å². The zero-order valence-corrected chi connectivity index (χ0v) is 10.4. The number of hydrogen-bond donors (Lipinski definition) is 0. The maximum absolute atomic E-state index is 11.6. The molecule has 2 heteroatoms. The van der Waals surface area contributed by atoms with Gasteiger partial charge in [0.2, 0.25) is 0 Å². The van der Waals surface area contributed by atoms with Crippen molar-refractivity contribution in [3.05, 3.63) is 0 Å². The van der Waals surface area contributed by atoms with Gasteiger partial charge in [0.1, 0.15) is 5.78 Å². The molecule has 0 aliphatic heterocycles. The van der Waals surface area contributed by atoms with E-state index in [1.54, 1.807) is 0 Å². The smallest absolute Gasteiger partial charge is 0.149 e. The van der Waals surface area contributed by atoms with Crippen LogP contribution in [0, 0.1) is 17.8 Å². The number of carbonyl (C=O) groups excluding carboxylic acids is 1. The topological polar surface area (TPSA) is 17.1 Å². The molecule has 0 spiro atoms. The molecule has 0 amide bonds. The normalized spacial score (nSPS) is 40.9. The molecule has 2 rings (SSSR count). The van der Waals surface area contributed by atoms with E-state index in [2.05, 4.69) is 22.9 Å². The summed E-state index contributed by atoms with van der Waals surface area (Å²) in [5, 5.41) is 0. The number of unbranched alkanes of at least 4 members (excludes halogenated alkanes) is 2. The van der Waals surface area contributed by atoms with Gasteiger partial charge in [-0.3, -0.25) is 4.79 Å². The molecule has 0 aromatic rings. The lowest BCUT2D eigenvalue weighted by Crippen LogP contribution is -2.28. The van der Waals surface area contributed by atoms with Gasteiger partial charge in [0.15, 0.2) is 0 Å². The summed E-state index contributed by atoms with van der Waals surface area (Å²) in [5.74, 6) is 2.41. The Bertz CT molecular complexity index is 222. The van der Waals surface area contributed by atoms with E-state index in [0.717, 1.165) is 5.92 Å². The molecule has 0 radical (unpaired) electrons. The predicted octanol–water partition coefficient (Wildman–Crippen LogP) is 3.56. The molecule has 0 heterocycles. The van der Waals surface area contributed by atoms with Crippen LogP contribution in [0.1, 0.15) is 45.4 Å². The lowest BCUT2D eigenvalue weighted by molar-refractivity contribution is -0.121. The number of carbonyl (C=O) groups is 1. The number of Topliss-reactive ketones (excluding diaryl/α,β-unsaturated/α-hetero) is 1. The Morgan fingerprint density at radius 2 is 2.14 bits per heavy atom. The van der Waals surface area contributed by atoms with Gasteiger partial charge in [0, 0.05) is 5.92 Å². The molecule has 0 aromatic carbocycles. The summed E-state index contributed by atoms with van der Waals surface area (Å²) in [6.07, 6.45) is 7.73. The number of rotatable bonds is 4. The summed E-state index contributed by atoms with van der Waals surface area (Å²) >= 11 is 3.56. The highest BCUT2D eigenvalue weighted by molar-refractivity contribution is 9.10. The van der Waals surface area contributed by atoms with Crippen LogP contribution in [0.3, 0.4) is 0 Å². The quantitative estimate of drug-likeness (QED) is 0.557. The van der Waals surface area contributed by atoms with E-state index in [4.69, 9.17) is 0 Å². The van der Waals surface area contributed by atoms with Gasteiger partial charge in [-0.05, 0) is 24.7 Å². The molecule has 4 unspecified atom stereocenters. The highest BCUT2D eigenvalue weighted by Gasteiger charge is 2.50. The van der Waals surface area contributed by atoms with Crippen LogP contribution in [0.4, 0.5) is 0 Å². The number of hydrogen-bond acceptors (Lipinski definition) is 1. The third-order valence-electron chi connectivity index (χ3n) is 3.98. The Hall–Kier alpha value is 0.150. The van der Waals surface area contributed by atoms with E-state index in [1.165, 1.54) is 38.5 Å². The highest BCUT2D eigenvalue weighted by atomic mass is 79.9. The average Bonchev–Trinajstić information content (AvgIpc) is 2.69. The minimum atomic E-state index is 0.202. The Morgan fingerprint density at radius 3 is 2.71 bits per heavy atom. The van der Waals surface area contributed by atoms with Crippen LogP contribution in [0.15, 0.2) is 0 Å². The second-order valence-electron chi connectivity index (χ2n) is 4.89. The summed E-state index contributed by atoms with van der Waals surface area (Å²) in [4.78, 5) is 11.8. The van der Waals surface area contributed by atoms with Crippen LogP contribution in [-0.4, -0.2) is 10.6 Å². The molecule has 1 nitrogen and oxygen atoms in total. The van der Waals surface area contributed by atoms with Crippen molar-refractivity contribution in [1.82, 2.24) is 0 Å². The highest BCUT2D eigenvalue weighted by Crippen LogP contribution is 2.50. The fourth-order valence-electron chi connectivity index (χ4n) is 3.17. The molecule has 0 saturated heterocycles. The van der Waals surface area contributed by atoms with E-state index in [-0.39, 0.29) is 4.83 Å². The first-order valence-electron chi connectivity index (χ1n) is 5.91. The van der Waals surface area contributed by atoms with Gasteiger partial charge in [-0.15, -0.1) is 0 Å². The van der Waals surface area contributed by atoms with E-state index in [9.17, 15) is 4.79 Å². The number of alkyl halides is 1. The third-order valence-corrected chi connectivity index (χ3v) is 5.11. The molecule has 80 valence electrons. The molecule has 2 saturated carbocycles. The van der Waals surface area contributed by atoms with Crippen molar-refractivity contribution >= 4 is 21.7 Å². The molecular weight excluding hydrogens is 240 g/mol. The van der Waals surface area contributed by atoms with Gasteiger partial charge >= 0.3 is 0 Å². The molecule has 2 fully saturated rings. The SMILES string of the molecule is CCCCCC1CC2CC1C(Br)C2=O. The van der Waals surface area contributed by atoms with Gasteiger partial charge in [-0.2, -0.15) is 0 Å². The van der Waals surface area contributed by atoms with Crippen molar-refractivity contribution in [2.24, 2.45) is 17.8 Å². The molecule has 4 atom stereocenters. The van der Waals surface area contributed by atoms with Crippen molar-refractivity contribution in [2.75, 3.05) is 0 Å². The predicted molar refractivity (Wildman–Crippen MR) is 61.6 cm³/mol. The van der Waals surface area contributed by atoms with Crippen LogP contribution < -0.4 is 0 Å². The summed E-state index contributed by atoms with van der Waals surface area (Å²) < 4.78 is 0. The molecular formula is C12H19BrO. The molecule has 0 N–H and O–H groups in total. The van der Waals surface area contributed by atoms with Gasteiger partial charge in [0.25, 0.3) is 0 Å². The Labute approximate surface area is 94.8 Å². The summed E-state index contributed by atoms with van der Waals surface area (Å²) in [5.41, 5.74) is 0. The lowest BCUT2D eigenvalue weighted by Gasteiger charge is -2.24. The molecule has 2 aliphatic rings. The minimum Gasteiger partial charge on any atom is -0.298 e. The zero-order valence-electron chi connectivity index (χ0n) is 8.84. The van der Waals surface area contributed by atoms with Crippen LogP contribution >= 0.6 is 15.9 Å². The molecule has 0 aromatic heterocycles. The van der Waals surface area contributed by atoms with Crippen molar-refractivity contribution in [3.63, 3.8) is 0 Å². The first-order chi connectivity index (χ1) is 6.74. The molecule has 2 aliphatic carbocycles. The van der Waals surface area contributed by atoms with Gasteiger partial charge in [0.05, 0.1) is 4.83 Å². The Balaban J connectivity index is 1.84. The molecule has 2 bridgehead atoms. The van der Waals surface area contributed by atoms with Crippen molar-refractivity contribution < 1.29 is 4.79 Å². The third kappa shape index (κ3) is 1.78. The molecule has 14 heavy (non-hydrogen) atoms. The van der Waals surface area contributed by atoms with Crippen molar-refractivity contribution in [1.29, 1.82) is 0 Å². The first kappa shape index (κ1) is 10.7. The van der Waals surface area contributed by atoms with E-state index in [0.29, 0.717) is 17.6 Å². The van der Waals surface area contributed by atoms with Gasteiger partial charge in [-0.1, -0.05) is 48.5 Å². The van der Waals surface area contributed by atoms with Crippen LogP contribution in [0.25, 0.3) is 0 Å². The van der Waals surface area contributed by atoms with E-state index >= 15 is 0 Å². The van der Waals surface area contributed by atoms with E-state index < -0.39 is 0 Å². The average molecular weight is 259 g/mol. The lowest BCUT2D eigenvalue weighted by atomic mass is 9.84. The van der Waals surface area contributed by atoms with Crippen LogP contribution in [-0.2, 0) is 4.79 Å². The Morgan fingerprint density at radius 1 is 1.36 bits per heavy atom. The standard InChI is InChI=1S/C12H19BrO/c1-2-3-4-5-8-6-9-7-10(8)11(13)12(9)14/h8-11H,2-7H2,1H3. The van der Waals surface area contributed by atoms with Gasteiger partial charge < -0.3 is 0 Å². The number of halogens is 1. The van der Waals surface area contributed by atoms with Gasteiger partial charge in [-0.25, -0.2) is 0 Å². The maximum atomic E-state index is 11.6. The number of fused-ring (bicyclic) bond motifs is 2. The summed E-state index contributed by atoms with van der Waals surface area (Å²) in [7, 11) is 0. The minimum absolute atomic E-state index is 0.202. The largest absolute Gasteiger partial charge is 0.298 e. The monoisotopic (exact) mass is 258 g/mol. The first-order valence-corrected chi connectivity index (χ1v) is 6.83. The second kappa shape index (κ2) is 4.34. The fourth-order valence-corrected chi connectivity index (χ4v) is 4.19. The van der Waals surface area contributed by atoms with Crippen molar-refractivity contribution in [2.45, 2.75) is 50.3 Å².